The van der Waals surface area contributed by atoms with E-state index < -0.39 is 18.1 Å². The number of unbranched alkanes of at least 4 members (excludes halogenated alkanes) is 1. The molecular formula is C27H32N2O5. The highest BCUT2D eigenvalue weighted by molar-refractivity contribution is 5.85. The zero-order valence-electron chi connectivity index (χ0n) is 19.5. The quantitative estimate of drug-likeness (QED) is 0.508. The van der Waals surface area contributed by atoms with E-state index in [0.717, 1.165) is 24.0 Å². The fourth-order valence-electron chi connectivity index (χ4n) is 5.11. The number of hydrogen-bond donors (Lipinski definition) is 3. The largest absolute Gasteiger partial charge is 0.480 e. The molecule has 2 aromatic rings. The molecule has 2 aliphatic carbocycles. The van der Waals surface area contributed by atoms with Crippen molar-refractivity contribution in [2.45, 2.75) is 63.5 Å². The molecular weight excluding hydrogens is 432 g/mol. The van der Waals surface area contributed by atoms with Crippen LogP contribution >= 0.6 is 0 Å². The Bertz CT molecular complexity index is 1010. The molecule has 0 radical (unpaired) electrons. The molecule has 3 N–H and O–H groups in total. The average Bonchev–Trinajstić information content (AvgIpc) is 3.43. The average molecular weight is 465 g/mol. The third-order valence-electron chi connectivity index (χ3n) is 6.93. The van der Waals surface area contributed by atoms with Crippen molar-refractivity contribution in [3.05, 3.63) is 59.7 Å². The van der Waals surface area contributed by atoms with Crippen LogP contribution in [0.15, 0.2) is 48.5 Å². The van der Waals surface area contributed by atoms with Gasteiger partial charge in [0.2, 0.25) is 5.91 Å². The molecule has 2 aliphatic rings. The molecule has 1 fully saturated rings. The summed E-state index contributed by atoms with van der Waals surface area (Å²) < 4.78 is 5.61. The predicted molar refractivity (Wildman–Crippen MR) is 128 cm³/mol. The van der Waals surface area contributed by atoms with Gasteiger partial charge in [-0.15, -0.1) is 0 Å². The van der Waals surface area contributed by atoms with Crippen LogP contribution in [-0.2, 0) is 14.3 Å². The number of alkyl carbamates (subject to hydrolysis) is 1. The number of hydrogen-bond acceptors (Lipinski definition) is 4. The van der Waals surface area contributed by atoms with Gasteiger partial charge in [-0.1, -0.05) is 68.3 Å². The number of carbonyl (C=O) groups is 3. The maximum atomic E-state index is 12.6. The number of fused-ring (bicyclic) bond motifs is 3. The summed E-state index contributed by atoms with van der Waals surface area (Å²) in [7, 11) is 0. The van der Waals surface area contributed by atoms with Gasteiger partial charge in [-0.3, -0.25) is 4.79 Å². The lowest BCUT2D eigenvalue weighted by atomic mass is 9.98. The van der Waals surface area contributed by atoms with Gasteiger partial charge in [-0.05, 0) is 47.9 Å². The number of amides is 2. The van der Waals surface area contributed by atoms with E-state index in [1.807, 2.05) is 31.2 Å². The minimum Gasteiger partial charge on any atom is -0.480 e. The van der Waals surface area contributed by atoms with Gasteiger partial charge in [0, 0.05) is 17.9 Å². The Labute approximate surface area is 199 Å². The second-order valence-electron chi connectivity index (χ2n) is 9.22. The zero-order chi connectivity index (χ0) is 24.1. The van der Waals surface area contributed by atoms with E-state index >= 15 is 0 Å². The standard InChI is InChI=1S/C27H32N2O5/c1-2-3-12-24(26(31)32)29-25(30)17-13-14-18(15-17)28-27(33)34-16-23-21-10-6-4-8-19(21)20-9-5-7-11-22(20)23/h4-11,17-18,23-24H,2-3,12-16H2,1H3,(H,28,33)(H,29,30)(H,31,32)/t17?,18?,24-/m0/s1. The minimum atomic E-state index is -1.01. The van der Waals surface area contributed by atoms with Crippen LogP contribution in [0.1, 0.15) is 62.5 Å². The number of carboxylic acid groups (broad SMARTS) is 1. The van der Waals surface area contributed by atoms with Gasteiger partial charge in [-0.25, -0.2) is 9.59 Å². The number of benzene rings is 2. The fraction of sp³-hybridized carbons (Fsp3) is 0.444. The number of rotatable bonds is 9. The molecule has 7 heteroatoms. The molecule has 3 atom stereocenters. The van der Waals surface area contributed by atoms with Crippen molar-refractivity contribution < 1.29 is 24.2 Å². The molecule has 2 unspecified atom stereocenters. The van der Waals surface area contributed by atoms with Crippen molar-refractivity contribution >= 4 is 18.0 Å². The van der Waals surface area contributed by atoms with Gasteiger partial charge in [0.15, 0.2) is 0 Å². The second-order valence-corrected chi connectivity index (χ2v) is 9.22. The Morgan fingerprint density at radius 1 is 1.03 bits per heavy atom. The monoisotopic (exact) mass is 464 g/mol. The van der Waals surface area contributed by atoms with Gasteiger partial charge in [0.1, 0.15) is 12.6 Å². The zero-order valence-corrected chi connectivity index (χ0v) is 19.5. The van der Waals surface area contributed by atoms with Crippen LogP contribution in [-0.4, -0.2) is 41.8 Å². The lowest BCUT2D eigenvalue weighted by Crippen LogP contribution is -2.43. The molecule has 0 bridgehead atoms. The molecule has 1 saturated carbocycles. The third kappa shape index (κ3) is 5.24. The Morgan fingerprint density at radius 2 is 1.68 bits per heavy atom. The highest BCUT2D eigenvalue weighted by Crippen LogP contribution is 2.44. The molecule has 0 aliphatic heterocycles. The highest BCUT2D eigenvalue weighted by atomic mass is 16.5. The van der Waals surface area contributed by atoms with Crippen molar-refractivity contribution in [2.24, 2.45) is 5.92 Å². The smallest absolute Gasteiger partial charge is 0.407 e. The summed E-state index contributed by atoms with van der Waals surface area (Å²) in [5.41, 5.74) is 4.67. The first kappa shape index (κ1) is 23.8. The van der Waals surface area contributed by atoms with E-state index in [4.69, 9.17) is 4.74 Å². The molecule has 2 aromatic carbocycles. The Balaban J connectivity index is 1.28. The third-order valence-corrected chi connectivity index (χ3v) is 6.93. The molecule has 2 amide bonds. The van der Waals surface area contributed by atoms with Crippen LogP contribution in [0.3, 0.4) is 0 Å². The Hall–Kier alpha value is -3.35. The summed E-state index contributed by atoms with van der Waals surface area (Å²) >= 11 is 0. The Kier molecular flexibility index (Phi) is 7.50. The van der Waals surface area contributed by atoms with Crippen molar-refractivity contribution in [3.8, 4) is 11.1 Å². The van der Waals surface area contributed by atoms with Crippen LogP contribution in [0.5, 0.6) is 0 Å². The lowest BCUT2D eigenvalue weighted by Gasteiger charge is -2.18. The van der Waals surface area contributed by atoms with E-state index in [0.29, 0.717) is 25.7 Å². The van der Waals surface area contributed by atoms with Crippen LogP contribution in [0.2, 0.25) is 0 Å². The predicted octanol–water partition coefficient (Wildman–Crippen LogP) is 4.45. The summed E-state index contributed by atoms with van der Waals surface area (Å²) in [6, 6.07) is 15.3. The molecule has 4 rings (SSSR count). The highest BCUT2D eigenvalue weighted by Gasteiger charge is 2.34. The molecule has 34 heavy (non-hydrogen) atoms. The Morgan fingerprint density at radius 3 is 2.29 bits per heavy atom. The lowest BCUT2D eigenvalue weighted by molar-refractivity contribution is -0.142. The van der Waals surface area contributed by atoms with Crippen molar-refractivity contribution in [2.75, 3.05) is 6.61 Å². The van der Waals surface area contributed by atoms with Crippen LogP contribution in [0.4, 0.5) is 4.79 Å². The molecule has 7 nitrogen and oxygen atoms in total. The number of aliphatic carboxylic acids is 1. The molecule has 0 heterocycles. The summed E-state index contributed by atoms with van der Waals surface area (Å²) in [5, 5.41) is 14.9. The molecule has 0 spiro atoms. The molecule has 180 valence electrons. The van der Waals surface area contributed by atoms with E-state index in [9.17, 15) is 19.5 Å². The maximum Gasteiger partial charge on any atom is 0.407 e. The van der Waals surface area contributed by atoms with Crippen LogP contribution in [0.25, 0.3) is 11.1 Å². The van der Waals surface area contributed by atoms with E-state index in [1.54, 1.807) is 0 Å². The van der Waals surface area contributed by atoms with Crippen molar-refractivity contribution in [1.82, 2.24) is 10.6 Å². The maximum absolute atomic E-state index is 12.6. The summed E-state index contributed by atoms with van der Waals surface area (Å²) in [5.74, 6) is -1.56. The van der Waals surface area contributed by atoms with E-state index in [-0.39, 0.29) is 30.4 Å². The fourth-order valence-corrected chi connectivity index (χ4v) is 5.11. The van der Waals surface area contributed by atoms with Gasteiger partial charge in [0.25, 0.3) is 0 Å². The first-order chi connectivity index (χ1) is 16.5. The SMILES string of the molecule is CCCC[C@H](NC(=O)C1CCC(NC(=O)OCC2c3ccccc3-c3ccccc32)C1)C(=O)O. The van der Waals surface area contributed by atoms with E-state index in [1.165, 1.54) is 11.1 Å². The molecule has 0 aromatic heterocycles. The first-order valence-corrected chi connectivity index (χ1v) is 12.1. The van der Waals surface area contributed by atoms with Crippen LogP contribution in [0, 0.1) is 5.92 Å². The molecule has 0 saturated heterocycles. The number of carboxylic acids is 1. The normalized spacial score (nSPS) is 19.7. The number of nitrogens with one attached hydrogen (secondary N) is 2. The summed E-state index contributed by atoms with van der Waals surface area (Å²) in [6.07, 6.45) is 3.31. The second kappa shape index (κ2) is 10.7. The summed E-state index contributed by atoms with van der Waals surface area (Å²) in [4.78, 5) is 36.5. The first-order valence-electron chi connectivity index (χ1n) is 12.1. The number of carbonyl (C=O) groups excluding carboxylic acids is 2. The van der Waals surface area contributed by atoms with E-state index in [2.05, 4.69) is 34.9 Å². The minimum absolute atomic E-state index is 0.00340. The van der Waals surface area contributed by atoms with Crippen molar-refractivity contribution in [1.29, 1.82) is 0 Å². The van der Waals surface area contributed by atoms with Crippen LogP contribution < -0.4 is 10.6 Å². The van der Waals surface area contributed by atoms with Gasteiger partial charge in [-0.2, -0.15) is 0 Å². The number of ether oxygens (including phenoxy) is 1. The van der Waals surface area contributed by atoms with Crippen molar-refractivity contribution in [3.63, 3.8) is 0 Å². The topological polar surface area (TPSA) is 105 Å². The van der Waals surface area contributed by atoms with Gasteiger partial charge in [0.05, 0.1) is 0 Å². The summed E-state index contributed by atoms with van der Waals surface area (Å²) in [6.45, 7) is 2.23. The van der Waals surface area contributed by atoms with Gasteiger partial charge >= 0.3 is 12.1 Å². The van der Waals surface area contributed by atoms with Gasteiger partial charge < -0.3 is 20.5 Å².